The SMILES string of the molecule is CCN1C(=O)/C(=C(\C=C2\Sc3cc(OC)ccc3N2CC)c2ccccc2)SC1=Nc1ccc(/C=C\c2ccccc2)cc1. The Morgan fingerprint density at radius 3 is 2.11 bits per heavy atom. The normalized spacial score (nSPS) is 17.7. The van der Waals surface area contributed by atoms with Crippen molar-refractivity contribution in [2.75, 3.05) is 25.1 Å². The van der Waals surface area contributed by atoms with Crippen molar-refractivity contribution in [1.29, 1.82) is 0 Å². The lowest BCUT2D eigenvalue weighted by Gasteiger charge is -2.19. The van der Waals surface area contributed by atoms with Crippen LogP contribution in [0.1, 0.15) is 30.5 Å². The van der Waals surface area contributed by atoms with E-state index in [1.165, 1.54) is 11.8 Å². The molecule has 4 aromatic carbocycles. The highest BCUT2D eigenvalue weighted by molar-refractivity contribution is 8.18. The number of nitrogens with zero attached hydrogens (tertiary/aromatic N) is 3. The van der Waals surface area contributed by atoms with Crippen LogP contribution < -0.4 is 9.64 Å². The zero-order valence-electron chi connectivity index (χ0n) is 24.9. The van der Waals surface area contributed by atoms with Crippen molar-refractivity contribution in [2.45, 2.75) is 18.7 Å². The smallest absolute Gasteiger partial charge is 0.267 e. The maximum absolute atomic E-state index is 13.9. The number of rotatable bonds is 8. The third kappa shape index (κ3) is 6.25. The number of ether oxygens (including phenoxy) is 1. The van der Waals surface area contributed by atoms with Crippen LogP contribution in [0.3, 0.4) is 0 Å². The highest BCUT2D eigenvalue weighted by Crippen LogP contribution is 2.49. The molecule has 1 saturated heterocycles. The lowest BCUT2D eigenvalue weighted by molar-refractivity contribution is -0.122. The monoisotopic (exact) mass is 615 g/mol. The van der Waals surface area contributed by atoms with Crippen molar-refractivity contribution in [3.8, 4) is 5.75 Å². The molecule has 0 saturated carbocycles. The van der Waals surface area contributed by atoms with E-state index in [0.717, 1.165) is 55.9 Å². The number of anilines is 1. The number of likely N-dealkylation sites (N-methyl/N-ethyl adjacent to an activating group) is 1. The van der Waals surface area contributed by atoms with Crippen LogP contribution in [0.25, 0.3) is 17.7 Å². The molecule has 2 aliphatic rings. The minimum Gasteiger partial charge on any atom is -0.497 e. The second-order valence-electron chi connectivity index (χ2n) is 10.2. The molecule has 0 aromatic heterocycles. The van der Waals surface area contributed by atoms with Crippen LogP contribution in [0.4, 0.5) is 11.4 Å². The molecule has 0 N–H and O–H groups in total. The van der Waals surface area contributed by atoms with Gasteiger partial charge in [0.25, 0.3) is 5.91 Å². The van der Waals surface area contributed by atoms with Crippen molar-refractivity contribution in [3.63, 3.8) is 0 Å². The van der Waals surface area contributed by atoms with Crippen molar-refractivity contribution in [2.24, 2.45) is 4.99 Å². The maximum atomic E-state index is 13.9. The van der Waals surface area contributed by atoms with E-state index < -0.39 is 0 Å². The zero-order valence-corrected chi connectivity index (χ0v) is 26.6. The first-order chi connectivity index (χ1) is 21.6. The minimum atomic E-state index is -0.0282. The molecule has 0 spiro atoms. The number of benzene rings is 4. The van der Waals surface area contributed by atoms with Gasteiger partial charge in [0, 0.05) is 23.6 Å². The predicted octanol–water partition coefficient (Wildman–Crippen LogP) is 9.33. The molecule has 5 nitrogen and oxygen atoms in total. The Labute approximate surface area is 267 Å². The summed E-state index contributed by atoms with van der Waals surface area (Å²) in [6.45, 7) is 5.47. The first kappa shape index (κ1) is 29.6. The van der Waals surface area contributed by atoms with Crippen molar-refractivity contribution in [1.82, 2.24) is 4.90 Å². The zero-order chi connectivity index (χ0) is 30.5. The molecule has 0 unspecified atom stereocenters. The van der Waals surface area contributed by atoms with Gasteiger partial charge in [-0.1, -0.05) is 96.7 Å². The molecule has 2 heterocycles. The first-order valence-electron chi connectivity index (χ1n) is 14.6. The molecule has 7 heteroatoms. The summed E-state index contributed by atoms with van der Waals surface area (Å²) < 4.78 is 5.48. The molecular formula is C37H33N3O2S2. The molecule has 0 atom stereocenters. The standard InChI is InChI=1S/C37H33N3O2S2/c1-4-39-32-23-22-30(42-3)24-33(32)43-34(39)25-31(28-14-10-7-11-15-28)35-36(41)40(5-2)37(44-35)38-29-20-18-27(19-21-29)17-16-26-12-8-6-9-13-26/h6-25H,4-5H2,1-3H3/b17-16-,34-25+,35-31-,38-37?. The average Bonchev–Trinajstić information content (AvgIpc) is 3.58. The first-order valence-corrected chi connectivity index (χ1v) is 16.3. The maximum Gasteiger partial charge on any atom is 0.267 e. The quantitative estimate of drug-likeness (QED) is 0.146. The van der Waals surface area contributed by atoms with Crippen LogP contribution in [0.5, 0.6) is 5.75 Å². The second-order valence-corrected chi connectivity index (χ2v) is 12.2. The summed E-state index contributed by atoms with van der Waals surface area (Å²) in [4.78, 5) is 24.7. The average molecular weight is 616 g/mol. The Balaban J connectivity index is 1.35. The molecule has 1 amide bonds. The number of fused-ring (bicyclic) bond motifs is 1. The van der Waals surface area contributed by atoms with E-state index in [9.17, 15) is 4.79 Å². The molecule has 4 aromatic rings. The second kappa shape index (κ2) is 13.5. The van der Waals surface area contributed by atoms with Gasteiger partial charge in [0.1, 0.15) is 5.75 Å². The van der Waals surface area contributed by atoms with Crippen LogP contribution in [-0.2, 0) is 4.79 Å². The summed E-state index contributed by atoms with van der Waals surface area (Å²) in [7, 11) is 1.69. The van der Waals surface area contributed by atoms with E-state index in [-0.39, 0.29) is 5.91 Å². The van der Waals surface area contributed by atoms with E-state index in [0.29, 0.717) is 16.6 Å². The van der Waals surface area contributed by atoms with Crippen molar-refractivity contribution >= 4 is 63.7 Å². The van der Waals surface area contributed by atoms with Gasteiger partial charge >= 0.3 is 0 Å². The number of hydrogen-bond donors (Lipinski definition) is 0. The largest absolute Gasteiger partial charge is 0.497 e. The third-order valence-electron chi connectivity index (χ3n) is 7.42. The van der Waals surface area contributed by atoms with Crippen molar-refractivity contribution < 1.29 is 9.53 Å². The molecule has 44 heavy (non-hydrogen) atoms. The lowest BCUT2D eigenvalue weighted by atomic mass is 10.0. The molecule has 1 fully saturated rings. The number of amidine groups is 1. The Kier molecular flexibility index (Phi) is 9.05. The van der Waals surface area contributed by atoms with E-state index >= 15 is 0 Å². The fraction of sp³-hybridized carbons (Fsp3) is 0.135. The summed E-state index contributed by atoms with van der Waals surface area (Å²) in [6.07, 6.45) is 6.34. The van der Waals surface area contributed by atoms with Crippen LogP contribution >= 0.6 is 23.5 Å². The number of amides is 1. The van der Waals surface area contributed by atoms with Crippen LogP contribution in [0.15, 0.2) is 129 Å². The van der Waals surface area contributed by atoms with Gasteiger partial charge < -0.3 is 9.64 Å². The Hall–Kier alpha value is -4.46. The van der Waals surface area contributed by atoms with E-state index in [4.69, 9.17) is 9.73 Å². The molecular weight excluding hydrogens is 583 g/mol. The summed E-state index contributed by atoms with van der Waals surface area (Å²) >= 11 is 3.14. The summed E-state index contributed by atoms with van der Waals surface area (Å²) in [5.74, 6) is 0.802. The lowest BCUT2D eigenvalue weighted by Crippen LogP contribution is -2.28. The number of allylic oxidation sites excluding steroid dienone is 2. The molecule has 0 aliphatic carbocycles. The van der Waals surface area contributed by atoms with E-state index in [1.807, 2.05) is 61.5 Å². The van der Waals surface area contributed by atoms with Gasteiger partial charge in [0.15, 0.2) is 5.17 Å². The number of aliphatic imine (C=N–C) groups is 1. The van der Waals surface area contributed by atoms with Crippen molar-refractivity contribution in [3.05, 3.63) is 136 Å². The molecule has 220 valence electrons. The van der Waals surface area contributed by atoms with Gasteiger partial charge in [0.05, 0.1) is 28.4 Å². The molecule has 0 radical (unpaired) electrons. The topological polar surface area (TPSA) is 45.1 Å². The van der Waals surface area contributed by atoms with Gasteiger partial charge in [-0.3, -0.25) is 9.69 Å². The molecule has 6 rings (SSSR count). The number of hydrogen-bond acceptors (Lipinski definition) is 6. The van der Waals surface area contributed by atoms with Gasteiger partial charge in [-0.25, -0.2) is 4.99 Å². The molecule has 2 aliphatic heterocycles. The number of carbonyl (C=O) groups is 1. The predicted molar refractivity (Wildman–Crippen MR) is 187 cm³/mol. The summed E-state index contributed by atoms with van der Waals surface area (Å²) in [6, 6.07) is 34.6. The Bertz CT molecular complexity index is 1780. The van der Waals surface area contributed by atoms with Gasteiger partial charge in [-0.2, -0.15) is 0 Å². The fourth-order valence-electron chi connectivity index (χ4n) is 5.13. The summed E-state index contributed by atoms with van der Waals surface area (Å²) in [5.41, 5.74) is 6.09. The third-order valence-corrected chi connectivity index (χ3v) is 9.60. The summed E-state index contributed by atoms with van der Waals surface area (Å²) in [5, 5.41) is 1.76. The number of thioether (sulfide) groups is 2. The van der Waals surface area contributed by atoms with Crippen LogP contribution in [0, 0.1) is 0 Å². The van der Waals surface area contributed by atoms with E-state index in [1.54, 1.807) is 23.8 Å². The van der Waals surface area contributed by atoms with Gasteiger partial charge in [0.2, 0.25) is 0 Å². The fourth-order valence-corrected chi connectivity index (χ4v) is 7.46. The Morgan fingerprint density at radius 2 is 1.45 bits per heavy atom. The highest BCUT2D eigenvalue weighted by atomic mass is 32.2. The molecule has 0 bridgehead atoms. The number of methoxy groups -OCH3 is 1. The minimum absolute atomic E-state index is 0.0282. The Morgan fingerprint density at radius 1 is 0.795 bits per heavy atom. The van der Waals surface area contributed by atoms with Crippen LogP contribution in [0.2, 0.25) is 0 Å². The van der Waals surface area contributed by atoms with Gasteiger partial charge in [-0.15, -0.1) is 0 Å². The van der Waals surface area contributed by atoms with Gasteiger partial charge in [-0.05, 0) is 78.7 Å². The highest BCUT2D eigenvalue weighted by Gasteiger charge is 2.35. The number of carbonyl (C=O) groups excluding carboxylic acids is 1. The van der Waals surface area contributed by atoms with Crippen LogP contribution in [-0.4, -0.2) is 36.2 Å². The van der Waals surface area contributed by atoms with E-state index in [2.05, 4.69) is 78.6 Å².